The third kappa shape index (κ3) is 2.44. The number of nitrogen functional groups attached to an aromatic ring is 1. The number of aryl methyl sites for hydroxylation is 2. The maximum Gasteiger partial charge on any atom is 0.148 e. The van der Waals surface area contributed by atoms with Crippen LogP contribution in [0.4, 0.5) is 11.5 Å². The Kier molecular flexibility index (Phi) is 3.52. The Hall–Kier alpha value is -2.49. The molecule has 0 saturated heterocycles. The van der Waals surface area contributed by atoms with Gasteiger partial charge in [0, 0.05) is 13.1 Å². The van der Waals surface area contributed by atoms with Gasteiger partial charge in [-0.25, -0.2) is 4.68 Å². The predicted molar refractivity (Wildman–Crippen MR) is 88.3 cm³/mol. The van der Waals surface area contributed by atoms with Crippen molar-refractivity contribution in [3.05, 3.63) is 53.7 Å². The Morgan fingerprint density at radius 2 is 1.90 bits per heavy atom. The van der Waals surface area contributed by atoms with Crippen molar-refractivity contribution in [3.63, 3.8) is 0 Å². The molecule has 0 aliphatic carbocycles. The van der Waals surface area contributed by atoms with E-state index in [4.69, 9.17) is 5.73 Å². The highest BCUT2D eigenvalue weighted by Crippen LogP contribution is 2.24. The smallest absolute Gasteiger partial charge is 0.148 e. The lowest BCUT2D eigenvalue weighted by molar-refractivity contribution is 0.657. The summed E-state index contributed by atoms with van der Waals surface area (Å²) in [5.74, 6) is 0.905. The summed E-state index contributed by atoms with van der Waals surface area (Å²) in [4.78, 5) is 0. The van der Waals surface area contributed by atoms with Crippen molar-refractivity contribution in [3.8, 4) is 0 Å². The molecule has 21 heavy (non-hydrogen) atoms. The highest BCUT2D eigenvalue weighted by molar-refractivity contribution is 5.85. The van der Waals surface area contributed by atoms with E-state index in [0.717, 1.165) is 30.3 Å². The molecule has 108 valence electrons. The number of benzene rings is 2. The van der Waals surface area contributed by atoms with Crippen molar-refractivity contribution in [1.29, 1.82) is 0 Å². The van der Waals surface area contributed by atoms with Crippen LogP contribution in [0, 0.1) is 6.92 Å². The second kappa shape index (κ2) is 5.48. The van der Waals surface area contributed by atoms with Gasteiger partial charge in [0.1, 0.15) is 5.82 Å². The molecule has 1 aromatic heterocycles. The van der Waals surface area contributed by atoms with Gasteiger partial charge < -0.3 is 11.1 Å². The summed E-state index contributed by atoms with van der Waals surface area (Å²) in [6.07, 6.45) is 0. The molecule has 0 amide bonds. The fourth-order valence-electron chi connectivity index (χ4n) is 2.64. The monoisotopic (exact) mass is 280 g/mol. The average Bonchev–Trinajstić information content (AvgIpc) is 2.80. The highest BCUT2D eigenvalue weighted by atomic mass is 15.3. The number of nitrogens with one attached hydrogen (secondary N) is 1. The number of aromatic nitrogens is 2. The first-order chi connectivity index (χ1) is 10.2. The Bertz CT molecular complexity index is 768. The molecule has 3 N–H and O–H groups in total. The molecule has 0 spiro atoms. The predicted octanol–water partition coefficient (Wildman–Crippen LogP) is 3.56. The first kappa shape index (κ1) is 13.5. The van der Waals surface area contributed by atoms with E-state index in [1.54, 1.807) is 0 Å². The van der Waals surface area contributed by atoms with Crippen molar-refractivity contribution in [2.75, 3.05) is 11.1 Å². The summed E-state index contributed by atoms with van der Waals surface area (Å²) in [6.45, 7) is 5.53. The summed E-state index contributed by atoms with van der Waals surface area (Å²) in [5, 5.41) is 10.4. The van der Waals surface area contributed by atoms with Gasteiger partial charge in [-0.05, 0) is 30.2 Å². The van der Waals surface area contributed by atoms with Crippen LogP contribution in [0.5, 0.6) is 0 Å². The zero-order chi connectivity index (χ0) is 14.8. The summed E-state index contributed by atoms with van der Waals surface area (Å²) >= 11 is 0. The van der Waals surface area contributed by atoms with E-state index < -0.39 is 0 Å². The lowest BCUT2D eigenvalue weighted by Gasteiger charge is -2.11. The average molecular weight is 280 g/mol. The second-order valence-electron chi connectivity index (χ2n) is 5.16. The molecule has 0 fully saturated rings. The maximum absolute atomic E-state index is 6.11. The van der Waals surface area contributed by atoms with Crippen molar-refractivity contribution >= 4 is 22.3 Å². The lowest BCUT2D eigenvalue weighted by atomic mass is 10.0. The maximum atomic E-state index is 6.11. The van der Waals surface area contributed by atoms with Crippen LogP contribution in [0.3, 0.4) is 0 Å². The van der Waals surface area contributed by atoms with Crippen LogP contribution >= 0.6 is 0 Å². The minimum Gasteiger partial charge on any atom is -0.394 e. The zero-order valence-electron chi connectivity index (χ0n) is 12.4. The minimum absolute atomic E-state index is 0.733. The van der Waals surface area contributed by atoms with Crippen LogP contribution in [0.15, 0.2) is 42.5 Å². The molecule has 1 heterocycles. The molecule has 4 heteroatoms. The van der Waals surface area contributed by atoms with E-state index >= 15 is 0 Å². The minimum atomic E-state index is 0.733. The Labute approximate surface area is 124 Å². The van der Waals surface area contributed by atoms with Gasteiger partial charge in [-0.2, -0.15) is 5.10 Å². The first-order valence-electron chi connectivity index (χ1n) is 7.24. The van der Waals surface area contributed by atoms with Crippen LogP contribution in [0.2, 0.25) is 0 Å². The molecule has 0 aliphatic rings. The molecule has 3 rings (SSSR count). The molecule has 0 saturated carbocycles. The number of rotatable bonds is 4. The van der Waals surface area contributed by atoms with E-state index in [-0.39, 0.29) is 0 Å². The number of nitrogens with two attached hydrogens (primary N) is 1. The molecule has 3 aromatic rings. The zero-order valence-corrected chi connectivity index (χ0v) is 12.4. The molecule has 2 aromatic carbocycles. The van der Waals surface area contributed by atoms with E-state index in [1.165, 1.54) is 16.3 Å². The van der Waals surface area contributed by atoms with Crippen molar-refractivity contribution in [2.45, 2.75) is 26.9 Å². The van der Waals surface area contributed by atoms with Gasteiger partial charge in [0.05, 0.1) is 11.4 Å². The third-order valence-corrected chi connectivity index (χ3v) is 3.80. The van der Waals surface area contributed by atoms with Gasteiger partial charge in [-0.3, -0.25) is 0 Å². The highest BCUT2D eigenvalue weighted by Gasteiger charge is 2.11. The number of hydrogen-bond acceptors (Lipinski definition) is 3. The fraction of sp³-hybridized carbons (Fsp3) is 0.235. The standard InChI is InChI=1S/C17H20N4/c1-3-21-17(16(18)12(2)20-21)19-11-14-9-6-8-13-7-4-5-10-15(13)14/h4-10,19H,3,11,18H2,1-2H3. The fourth-order valence-corrected chi connectivity index (χ4v) is 2.64. The van der Waals surface area contributed by atoms with E-state index in [9.17, 15) is 0 Å². The number of hydrogen-bond donors (Lipinski definition) is 2. The Morgan fingerprint density at radius 3 is 2.71 bits per heavy atom. The molecule has 0 atom stereocenters. The van der Waals surface area contributed by atoms with Crippen LogP contribution in [-0.2, 0) is 13.1 Å². The largest absolute Gasteiger partial charge is 0.394 e. The number of anilines is 2. The van der Waals surface area contributed by atoms with Crippen LogP contribution < -0.4 is 11.1 Å². The van der Waals surface area contributed by atoms with Gasteiger partial charge in [0.15, 0.2) is 0 Å². The molecule has 0 aliphatic heterocycles. The molecule has 0 radical (unpaired) electrons. The van der Waals surface area contributed by atoms with Gasteiger partial charge in [-0.1, -0.05) is 42.5 Å². The summed E-state index contributed by atoms with van der Waals surface area (Å²) < 4.78 is 1.91. The summed E-state index contributed by atoms with van der Waals surface area (Å²) in [6, 6.07) is 14.8. The topological polar surface area (TPSA) is 55.9 Å². The van der Waals surface area contributed by atoms with Crippen molar-refractivity contribution < 1.29 is 0 Å². The van der Waals surface area contributed by atoms with E-state index in [1.807, 2.05) is 11.6 Å². The normalized spacial score (nSPS) is 11.0. The molecule has 0 bridgehead atoms. The number of nitrogens with zero attached hydrogens (tertiary/aromatic N) is 2. The van der Waals surface area contributed by atoms with Gasteiger partial charge in [0.2, 0.25) is 0 Å². The van der Waals surface area contributed by atoms with Crippen molar-refractivity contribution in [2.24, 2.45) is 0 Å². The molecule has 0 unspecified atom stereocenters. The first-order valence-corrected chi connectivity index (χ1v) is 7.24. The van der Waals surface area contributed by atoms with Gasteiger partial charge in [0.25, 0.3) is 0 Å². The van der Waals surface area contributed by atoms with Crippen LogP contribution in [0.1, 0.15) is 18.2 Å². The van der Waals surface area contributed by atoms with Crippen molar-refractivity contribution in [1.82, 2.24) is 9.78 Å². The Balaban J connectivity index is 1.91. The lowest BCUT2D eigenvalue weighted by Crippen LogP contribution is -2.08. The van der Waals surface area contributed by atoms with E-state index in [0.29, 0.717) is 0 Å². The quantitative estimate of drug-likeness (QED) is 0.768. The van der Waals surface area contributed by atoms with Crippen LogP contribution in [0.25, 0.3) is 10.8 Å². The summed E-state index contributed by atoms with van der Waals surface area (Å²) in [5.41, 5.74) is 8.97. The second-order valence-corrected chi connectivity index (χ2v) is 5.16. The summed E-state index contributed by atoms with van der Waals surface area (Å²) in [7, 11) is 0. The molecule has 4 nitrogen and oxygen atoms in total. The van der Waals surface area contributed by atoms with Gasteiger partial charge >= 0.3 is 0 Å². The third-order valence-electron chi connectivity index (χ3n) is 3.80. The SMILES string of the molecule is CCn1nc(C)c(N)c1NCc1cccc2ccccc12. The molecular weight excluding hydrogens is 260 g/mol. The Morgan fingerprint density at radius 1 is 1.14 bits per heavy atom. The molecular formula is C17H20N4. The van der Waals surface area contributed by atoms with E-state index in [2.05, 4.69) is 59.8 Å². The van der Waals surface area contributed by atoms with Gasteiger partial charge in [-0.15, -0.1) is 0 Å². The van der Waals surface area contributed by atoms with Crippen LogP contribution in [-0.4, -0.2) is 9.78 Å². The number of fused-ring (bicyclic) bond motifs is 1.